The van der Waals surface area contributed by atoms with Crippen molar-refractivity contribution in [3.63, 3.8) is 0 Å². The summed E-state index contributed by atoms with van der Waals surface area (Å²) in [5, 5.41) is 9.62. The molecule has 1 saturated heterocycles. The summed E-state index contributed by atoms with van der Waals surface area (Å²) in [5.41, 5.74) is 1.58. The zero-order chi connectivity index (χ0) is 25.2. The number of carbonyl (C=O) groups excluding carboxylic acids is 1. The first-order valence-electron chi connectivity index (χ1n) is 11.6. The van der Waals surface area contributed by atoms with Gasteiger partial charge in [-0.15, -0.1) is 0 Å². The third-order valence-corrected chi connectivity index (χ3v) is 6.65. The van der Waals surface area contributed by atoms with E-state index in [1.165, 1.54) is 18.2 Å². The lowest BCUT2D eigenvalue weighted by atomic mass is 9.75. The molecule has 6 nitrogen and oxygen atoms in total. The number of cyclic esters (lactones) is 1. The third-order valence-electron chi connectivity index (χ3n) is 6.65. The van der Waals surface area contributed by atoms with Crippen LogP contribution >= 0.6 is 0 Å². The number of nitrogens with one attached hydrogen (secondary N) is 1. The van der Waals surface area contributed by atoms with Crippen LogP contribution in [0.1, 0.15) is 50.8 Å². The van der Waals surface area contributed by atoms with Crippen molar-refractivity contribution >= 4 is 6.09 Å². The Labute approximate surface area is 204 Å². The number of pyridine rings is 1. The number of amides is 1. The highest BCUT2D eigenvalue weighted by Gasteiger charge is 2.46. The first kappa shape index (κ1) is 24.2. The van der Waals surface area contributed by atoms with Gasteiger partial charge in [0.05, 0.1) is 17.5 Å². The second-order valence-corrected chi connectivity index (χ2v) is 9.72. The topological polar surface area (TPSA) is 86.2 Å². The Morgan fingerprint density at radius 3 is 2.31 bits per heavy atom. The lowest BCUT2D eigenvalue weighted by Crippen LogP contribution is -2.50. The van der Waals surface area contributed by atoms with Gasteiger partial charge in [-0.2, -0.15) is 5.26 Å². The maximum atomic E-state index is 13.6. The largest absolute Gasteiger partial charge is 0.438 e. The van der Waals surface area contributed by atoms with Gasteiger partial charge in [0.25, 0.3) is 0 Å². The van der Waals surface area contributed by atoms with Crippen molar-refractivity contribution in [1.29, 1.82) is 5.26 Å². The van der Waals surface area contributed by atoms with Gasteiger partial charge in [-0.1, -0.05) is 36.4 Å². The van der Waals surface area contributed by atoms with Gasteiger partial charge < -0.3 is 14.6 Å². The number of benzene rings is 2. The molecule has 2 heterocycles. The SMILES string of the molecule is CC(c1ccc(-c2ccc(=O)[nH]c2)cc1)N1CC[C@](CC(C)(C)C#N)(c2ccc(F)cc2)OC1=O. The van der Waals surface area contributed by atoms with Crippen LogP contribution in [-0.4, -0.2) is 22.5 Å². The highest BCUT2D eigenvalue weighted by atomic mass is 19.1. The number of aromatic amines is 1. The molecular formula is C28H28FN3O3. The summed E-state index contributed by atoms with van der Waals surface area (Å²) in [6, 6.07) is 19.1. The van der Waals surface area contributed by atoms with Gasteiger partial charge in [-0.25, -0.2) is 9.18 Å². The maximum Gasteiger partial charge on any atom is 0.411 e. The van der Waals surface area contributed by atoms with Crippen molar-refractivity contribution in [2.45, 2.75) is 45.3 Å². The Morgan fingerprint density at radius 1 is 1.09 bits per heavy atom. The molecule has 0 saturated carbocycles. The van der Waals surface area contributed by atoms with Crippen LogP contribution in [0.2, 0.25) is 0 Å². The molecule has 1 fully saturated rings. The quantitative estimate of drug-likeness (QED) is 0.481. The van der Waals surface area contributed by atoms with Crippen molar-refractivity contribution in [2.75, 3.05) is 6.54 Å². The zero-order valence-corrected chi connectivity index (χ0v) is 20.0. The van der Waals surface area contributed by atoms with E-state index in [1.807, 2.05) is 45.0 Å². The number of rotatable bonds is 6. The number of nitriles is 1. The molecule has 1 aliphatic heterocycles. The van der Waals surface area contributed by atoms with Gasteiger partial charge in [0, 0.05) is 31.6 Å². The van der Waals surface area contributed by atoms with Crippen molar-refractivity contribution in [2.24, 2.45) is 5.41 Å². The van der Waals surface area contributed by atoms with E-state index in [-0.39, 0.29) is 17.4 Å². The lowest BCUT2D eigenvalue weighted by Gasteiger charge is -2.45. The monoisotopic (exact) mass is 473 g/mol. The average Bonchev–Trinajstić information content (AvgIpc) is 2.84. The second-order valence-electron chi connectivity index (χ2n) is 9.72. The molecule has 0 spiro atoms. The van der Waals surface area contributed by atoms with Crippen LogP contribution in [0.25, 0.3) is 11.1 Å². The molecule has 0 aliphatic carbocycles. The highest BCUT2D eigenvalue weighted by Crippen LogP contribution is 2.44. The molecule has 1 N–H and O–H groups in total. The molecular weight excluding hydrogens is 445 g/mol. The molecule has 35 heavy (non-hydrogen) atoms. The van der Waals surface area contributed by atoms with Crippen LogP contribution in [0.15, 0.2) is 71.7 Å². The zero-order valence-electron chi connectivity index (χ0n) is 20.0. The molecule has 7 heteroatoms. The lowest BCUT2D eigenvalue weighted by molar-refractivity contribution is -0.0770. The van der Waals surface area contributed by atoms with Crippen LogP contribution < -0.4 is 5.56 Å². The molecule has 2 aromatic carbocycles. The molecule has 0 radical (unpaired) electrons. The van der Waals surface area contributed by atoms with Crippen LogP contribution in [0.4, 0.5) is 9.18 Å². The van der Waals surface area contributed by atoms with E-state index in [2.05, 4.69) is 11.1 Å². The normalized spacial score (nSPS) is 19.1. The molecule has 0 bridgehead atoms. The number of aromatic nitrogens is 1. The van der Waals surface area contributed by atoms with Crippen LogP contribution in [-0.2, 0) is 10.3 Å². The molecule has 2 atom stereocenters. The summed E-state index contributed by atoms with van der Waals surface area (Å²) in [5.74, 6) is -0.369. The minimum absolute atomic E-state index is 0.155. The smallest absolute Gasteiger partial charge is 0.411 e. The Morgan fingerprint density at radius 2 is 1.74 bits per heavy atom. The molecule has 4 rings (SSSR count). The summed E-state index contributed by atoms with van der Waals surface area (Å²) < 4.78 is 19.7. The standard InChI is InChI=1S/C28H28FN3O3/c1-19(20-4-6-21(7-5-20)22-8-13-25(33)31-16-22)32-15-14-28(35-26(32)34,17-27(2,3)18-30)23-9-11-24(29)12-10-23/h4-13,16,19H,14-15,17H2,1-3H3,(H,31,33)/t19?,28-/m0/s1. The summed E-state index contributed by atoms with van der Waals surface area (Å²) in [6.45, 7) is 6.00. The van der Waals surface area contributed by atoms with Gasteiger partial charge in [-0.3, -0.25) is 4.79 Å². The summed E-state index contributed by atoms with van der Waals surface area (Å²) >= 11 is 0. The fourth-order valence-electron chi connectivity index (χ4n) is 4.68. The van der Waals surface area contributed by atoms with Crippen molar-refractivity contribution in [3.05, 3.63) is 94.2 Å². The Kier molecular flexibility index (Phi) is 6.49. The van der Waals surface area contributed by atoms with Crippen molar-refractivity contribution in [1.82, 2.24) is 9.88 Å². The van der Waals surface area contributed by atoms with E-state index in [4.69, 9.17) is 4.74 Å². The fraction of sp³-hybridized carbons (Fsp3) is 0.321. The van der Waals surface area contributed by atoms with Gasteiger partial charge >= 0.3 is 6.09 Å². The first-order valence-corrected chi connectivity index (χ1v) is 11.6. The van der Waals surface area contributed by atoms with E-state index >= 15 is 0 Å². The molecule has 180 valence electrons. The number of carbonyl (C=O) groups is 1. The molecule has 3 aromatic rings. The van der Waals surface area contributed by atoms with E-state index in [9.17, 15) is 19.2 Å². The van der Waals surface area contributed by atoms with Crippen LogP contribution in [0.5, 0.6) is 0 Å². The molecule has 1 amide bonds. The molecule has 1 aromatic heterocycles. The maximum absolute atomic E-state index is 13.6. The Hall–Kier alpha value is -3.92. The minimum atomic E-state index is -1.01. The molecule has 1 aliphatic rings. The summed E-state index contributed by atoms with van der Waals surface area (Å²) in [4.78, 5) is 28.9. The third kappa shape index (κ3) is 5.12. The number of ether oxygens (including phenoxy) is 1. The van der Waals surface area contributed by atoms with E-state index < -0.39 is 17.1 Å². The average molecular weight is 474 g/mol. The molecule has 1 unspecified atom stereocenters. The predicted octanol–water partition coefficient (Wildman–Crippen LogP) is 5.92. The number of hydrogen-bond donors (Lipinski definition) is 1. The predicted molar refractivity (Wildman–Crippen MR) is 131 cm³/mol. The number of halogens is 1. The van der Waals surface area contributed by atoms with Gasteiger partial charge in [0.15, 0.2) is 0 Å². The number of H-pyrrole nitrogens is 1. The van der Waals surface area contributed by atoms with E-state index in [0.717, 1.165) is 16.7 Å². The van der Waals surface area contributed by atoms with E-state index in [0.29, 0.717) is 24.9 Å². The van der Waals surface area contributed by atoms with Gasteiger partial charge in [-0.05, 0) is 61.2 Å². The number of hydrogen-bond acceptors (Lipinski definition) is 4. The van der Waals surface area contributed by atoms with E-state index in [1.54, 1.807) is 29.3 Å². The van der Waals surface area contributed by atoms with Gasteiger partial charge in [0.1, 0.15) is 11.4 Å². The first-order chi connectivity index (χ1) is 16.6. The fourth-order valence-corrected chi connectivity index (χ4v) is 4.68. The van der Waals surface area contributed by atoms with Crippen molar-refractivity contribution in [3.8, 4) is 17.2 Å². The van der Waals surface area contributed by atoms with Crippen LogP contribution in [0, 0.1) is 22.6 Å². The van der Waals surface area contributed by atoms with Crippen molar-refractivity contribution < 1.29 is 13.9 Å². The summed E-state index contributed by atoms with van der Waals surface area (Å²) in [6.07, 6.45) is 1.99. The minimum Gasteiger partial charge on any atom is -0.438 e. The van der Waals surface area contributed by atoms with Gasteiger partial charge in [0.2, 0.25) is 5.56 Å². The Balaban J connectivity index is 1.56. The van der Waals surface area contributed by atoms with Crippen LogP contribution in [0.3, 0.4) is 0 Å². The highest BCUT2D eigenvalue weighted by molar-refractivity contribution is 5.70. The summed E-state index contributed by atoms with van der Waals surface area (Å²) in [7, 11) is 0. The second kappa shape index (κ2) is 9.38. The Bertz CT molecular complexity index is 1290. The number of nitrogens with zero attached hydrogens (tertiary/aromatic N) is 2.